The van der Waals surface area contributed by atoms with Gasteiger partial charge in [0.25, 0.3) is 5.91 Å². The molecule has 1 N–H and O–H groups in total. The van der Waals surface area contributed by atoms with Crippen LogP contribution in [0.3, 0.4) is 0 Å². The number of esters is 1. The summed E-state index contributed by atoms with van der Waals surface area (Å²) in [5.41, 5.74) is 1.52. The number of nitrogens with one attached hydrogen (secondary N) is 1. The van der Waals surface area contributed by atoms with E-state index in [4.69, 9.17) is 32.7 Å². The van der Waals surface area contributed by atoms with E-state index in [0.29, 0.717) is 22.2 Å². The van der Waals surface area contributed by atoms with Crippen molar-refractivity contribution in [3.05, 3.63) is 69.7 Å². The first-order valence-electron chi connectivity index (χ1n) is 8.13. The molecule has 0 fully saturated rings. The highest BCUT2D eigenvalue weighted by Crippen LogP contribution is 2.22. The summed E-state index contributed by atoms with van der Waals surface area (Å²) in [6, 6.07) is 12.2. The molecular formula is C20H19Cl2NO4. The van der Waals surface area contributed by atoms with E-state index in [1.165, 1.54) is 19.1 Å². The number of benzene rings is 2. The number of hydrogen-bond acceptors (Lipinski definition) is 4. The molecule has 0 saturated carbocycles. The number of carbonyl (C=O) groups is 2. The van der Waals surface area contributed by atoms with E-state index in [-0.39, 0.29) is 0 Å². The molecule has 0 bridgehead atoms. The van der Waals surface area contributed by atoms with E-state index in [1.807, 2.05) is 12.1 Å². The lowest BCUT2D eigenvalue weighted by molar-refractivity contribution is -0.150. The van der Waals surface area contributed by atoms with Crippen LogP contribution in [0.25, 0.3) is 6.08 Å². The molecule has 0 aliphatic rings. The second-order valence-electron chi connectivity index (χ2n) is 5.64. The van der Waals surface area contributed by atoms with Crippen molar-refractivity contribution >= 4 is 41.2 Å². The van der Waals surface area contributed by atoms with Crippen LogP contribution in [-0.2, 0) is 20.9 Å². The van der Waals surface area contributed by atoms with Crippen LogP contribution in [0, 0.1) is 0 Å². The third kappa shape index (κ3) is 6.62. The first-order valence-corrected chi connectivity index (χ1v) is 8.89. The predicted octanol–water partition coefficient (Wildman–Crippen LogP) is 4.26. The predicted molar refractivity (Wildman–Crippen MR) is 106 cm³/mol. The highest BCUT2D eigenvalue weighted by Gasteiger charge is 2.16. The molecule has 1 atom stereocenters. The van der Waals surface area contributed by atoms with Crippen molar-refractivity contribution in [1.82, 2.24) is 5.32 Å². The average Bonchev–Trinajstić information content (AvgIpc) is 2.65. The molecule has 27 heavy (non-hydrogen) atoms. The minimum Gasteiger partial charge on any atom is -0.497 e. The van der Waals surface area contributed by atoms with Gasteiger partial charge in [0, 0.05) is 22.7 Å². The Kier molecular flexibility index (Phi) is 7.70. The minimum atomic E-state index is -0.930. The van der Waals surface area contributed by atoms with Crippen LogP contribution in [0.15, 0.2) is 48.5 Å². The molecule has 2 rings (SSSR count). The van der Waals surface area contributed by atoms with Crippen molar-refractivity contribution in [2.75, 3.05) is 7.11 Å². The molecule has 0 heterocycles. The Morgan fingerprint density at radius 2 is 1.85 bits per heavy atom. The first kappa shape index (κ1) is 20.8. The Labute approximate surface area is 167 Å². The van der Waals surface area contributed by atoms with E-state index in [0.717, 1.165) is 11.3 Å². The van der Waals surface area contributed by atoms with Crippen LogP contribution in [0.4, 0.5) is 0 Å². The Morgan fingerprint density at radius 1 is 1.15 bits per heavy atom. The highest BCUT2D eigenvalue weighted by atomic mass is 35.5. The quantitative estimate of drug-likeness (QED) is 0.549. The zero-order valence-electron chi connectivity index (χ0n) is 14.9. The first-order chi connectivity index (χ1) is 12.9. The summed E-state index contributed by atoms with van der Waals surface area (Å²) in [6.45, 7) is 1.82. The number of carbonyl (C=O) groups excluding carboxylic acids is 2. The fourth-order valence-corrected chi connectivity index (χ4v) is 2.61. The van der Waals surface area contributed by atoms with Crippen LogP contribution in [0.5, 0.6) is 5.75 Å². The molecule has 0 aliphatic carbocycles. The summed E-state index contributed by atoms with van der Waals surface area (Å²) < 4.78 is 10.2. The van der Waals surface area contributed by atoms with E-state index < -0.39 is 18.0 Å². The maximum absolute atomic E-state index is 12.1. The second kappa shape index (κ2) is 10.00. The standard InChI is InChI=1S/C20H19Cl2NO4/c1-13(20(25)23-12-14-3-8-17(26-2)9-4-14)27-19(24)10-6-15-5-7-16(21)11-18(15)22/h3-11,13H,12H2,1-2H3,(H,23,25)/b10-6+/t13-/m1/s1. The Bertz CT molecular complexity index is 834. The maximum Gasteiger partial charge on any atom is 0.331 e. The highest BCUT2D eigenvalue weighted by molar-refractivity contribution is 6.35. The molecule has 1 amide bonds. The number of hydrogen-bond donors (Lipinski definition) is 1. The molecule has 0 radical (unpaired) electrons. The van der Waals surface area contributed by atoms with Gasteiger partial charge >= 0.3 is 5.97 Å². The lowest BCUT2D eigenvalue weighted by Gasteiger charge is -2.12. The molecule has 0 spiro atoms. The van der Waals surface area contributed by atoms with Crippen LogP contribution < -0.4 is 10.1 Å². The minimum absolute atomic E-state index is 0.320. The van der Waals surface area contributed by atoms with Gasteiger partial charge in [0.15, 0.2) is 6.10 Å². The van der Waals surface area contributed by atoms with Crippen LogP contribution >= 0.6 is 23.2 Å². The van der Waals surface area contributed by atoms with E-state index in [2.05, 4.69) is 5.32 Å². The molecule has 2 aromatic rings. The van der Waals surface area contributed by atoms with Gasteiger partial charge in [-0.1, -0.05) is 41.4 Å². The second-order valence-corrected chi connectivity index (χ2v) is 6.49. The molecular weight excluding hydrogens is 389 g/mol. The van der Waals surface area contributed by atoms with E-state index >= 15 is 0 Å². The largest absolute Gasteiger partial charge is 0.497 e. The topological polar surface area (TPSA) is 64.6 Å². The van der Waals surface area contributed by atoms with Gasteiger partial charge in [-0.05, 0) is 48.4 Å². The number of ether oxygens (including phenoxy) is 2. The molecule has 7 heteroatoms. The van der Waals surface area contributed by atoms with E-state index in [9.17, 15) is 9.59 Å². The van der Waals surface area contributed by atoms with Gasteiger partial charge in [0.1, 0.15) is 5.75 Å². The SMILES string of the molecule is COc1ccc(CNC(=O)[C@@H](C)OC(=O)/C=C/c2ccc(Cl)cc2Cl)cc1. The Hall–Kier alpha value is -2.50. The third-order valence-corrected chi connectivity index (χ3v) is 4.21. The summed E-state index contributed by atoms with van der Waals surface area (Å²) in [5.74, 6) is -0.301. The zero-order chi connectivity index (χ0) is 19.8. The maximum atomic E-state index is 12.1. The van der Waals surface area contributed by atoms with Crippen molar-refractivity contribution in [3.8, 4) is 5.75 Å². The smallest absolute Gasteiger partial charge is 0.331 e. The van der Waals surface area contributed by atoms with Gasteiger partial charge in [0.2, 0.25) is 0 Å². The van der Waals surface area contributed by atoms with Crippen molar-refractivity contribution in [1.29, 1.82) is 0 Å². The van der Waals surface area contributed by atoms with Crippen LogP contribution in [-0.4, -0.2) is 25.1 Å². The lowest BCUT2D eigenvalue weighted by Crippen LogP contribution is -2.35. The Balaban J connectivity index is 1.83. The zero-order valence-corrected chi connectivity index (χ0v) is 16.4. The molecule has 0 aliphatic heterocycles. The monoisotopic (exact) mass is 407 g/mol. The fraction of sp³-hybridized carbons (Fsp3) is 0.200. The van der Waals surface area contributed by atoms with Gasteiger partial charge in [-0.15, -0.1) is 0 Å². The fourth-order valence-electron chi connectivity index (χ4n) is 2.14. The van der Waals surface area contributed by atoms with Gasteiger partial charge in [-0.3, -0.25) is 4.79 Å². The van der Waals surface area contributed by atoms with Gasteiger partial charge in [-0.25, -0.2) is 4.79 Å². The molecule has 0 aromatic heterocycles. The summed E-state index contributed by atoms with van der Waals surface area (Å²) in [5, 5.41) is 3.63. The third-order valence-electron chi connectivity index (χ3n) is 3.65. The van der Waals surface area contributed by atoms with Crippen LogP contribution in [0.2, 0.25) is 10.0 Å². The molecule has 5 nitrogen and oxygen atoms in total. The number of methoxy groups -OCH3 is 1. The summed E-state index contributed by atoms with van der Waals surface area (Å²) in [6.07, 6.45) is 1.78. The van der Waals surface area contributed by atoms with Gasteiger partial charge in [-0.2, -0.15) is 0 Å². The van der Waals surface area contributed by atoms with Crippen molar-refractivity contribution in [3.63, 3.8) is 0 Å². The van der Waals surface area contributed by atoms with E-state index in [1.54, 1.807) is 37.4 Å². The van der Waals surface area contributed by atoms with Gasteiger partial charge < -0.3 is 14.8 Å². The van der Waals surface area contributed by atoms with Crippen molar-refractivity contribution in [2.45, 2.75) is 19.6 Å². The lowest BCUT2D eigenvalue weighted by atomic mass is 10.2. The average molecular weight is 408 g/mol. The summed E-state index contributed by atoms with van der Waals surface area (Å²) in [4.78, 5) is 24.0. The number of halogens is 2. The summed E-state index contributed by atoms with van der Waals surface area (Å²) in [7, 11) is 1.59. The molecule has 0 unspecified atom stereocenters. The van der Waals surface area contributed by atoms with Gasteiger partial charge in [0.05, 0.1) is 7.11 Å². The molecule has 0 saturated heterocycles. The van der Waals surface area contributed by atoms with Crippen LogP contribution in [0.1, 0.15) is 18.1 Å². The van der Waals surface area contributed by atoms with Crippen molar-refractivity contribution in [2.24, 2.45) is 0 Å². The number of rotatable bonds is 7. The summed E-state index contributed by atoms with van der Waals surface area (Å²) >= 11 is 11.8. The normalized spacial score (nSPS) is 11.9. The molecule has 142 valence electrons. The molecule has 2 aromatic carbocycles. The number of amides is 1. The van der Waals surface area contributed by atoms with Crippen molar-refractivity contribution < 1.29 is 19.1 Å². The Morgan fingerprint density at radius 3 is 2.48 bits per heavy atom.